The van der Waals surface area contributed by atoms with Crippen molar-refractivity contribution in [3.8, 4) is 0 Å². The molecule has 0 saturated heterocycles. The van der Waals surface area contributed by atoms with E-state index in [1.807, 2.05) is 0 Å². The molecule has 1 aromatic heterocycles. The molecule has 1 aliphatic rings. The van der Waals surface area contributed by atoms with Crippen LogP contribution in [-0.2, 0) is 22.5 Å². The third-order valence-electron chi connectivity index (χ3n) is 3.99. The van der Waals surface area contributed by atoms with Gasteiger partial charge in [-0.05, 0) is 30.9 Å². The first kappa shape index (κ1) is 17.1. The van der Waals surface area contributed by atoms with Crippen LogP contribution in [0.5, 0.6) is 0 Å². The van der Waals surface area contributed by atoms with Gasteiger partial charge in [0.25, 0.3) is 0 Å². The lowest BCUT2D eigenvalue weighted by Crippen LogP contribution is -2.32. The molecular weight excluding hydrogens is 304 g/mol. The molecule has 7 heteroatoms. The second-order valence-electron chi connectivity index (χ2n) is 5.59. The minimum Gasteiger partial charge on any atom is -0.465 e. The Kier molecular flexibility index (Phi) is 6.48. The van der Waals surface area contributed by atoms with Crippen LogP contribution in [0.1, 0.15) is 48.2 Å². The maximum absolute atomic E-state index is 11.5. The number of ether oxygens (including phenoxy) is 1. The molecule has 6 nitrogen and oxygen atoms in total. The molecule has 1 aromatic rings. The van der Waals surface area contributed by atoms with E-state index in [9.17, 15) is 13.6 Å². The molecule has 2 rings (SSSR count). The van der Waals surface area contributed by atoms with Gasteiger partial charge in [-0.15, -0.1) is 0 Å². The molecule has 1 aliphatic carbocycles. The van der Waals surface area contributed by atoms with E-state index < -0.39 is 17.2 Å². The quantitative estimate of drug-likeness (QED) is 0.641. The maximum Gasteiger partial charge on any atom is 0.339 e. The van der Waals surface area contributed by atoms with Gasteiger partial charge in [0.2, 0.25) is 11.3 Å². The number of methoxy groups -OCH3 is 1. The first-order valence-corrected chi connectivity index (χ1v) is 8.55. The molecule has 1 unspecified atom stereocenters. The summed E-state index contributed by atoms with van der Waals surface area (Å²) in [6.45, 7) is 0.893. The van der Waals surface area contributed by atoms with E-state index in [4.69, 9.17) is 0 Å². The number of esters is 1. The minimum atomic E-state index is -2.02. The molecule has 0 spiro atoms. The molecule has 0 bridgehead atoms. The second-order valence-corrected chi connectivity index (χ2v) is 6.56. The van der Waals surface area contributed by atoms with Crippen LogP contribution in [-0.4, -0.2) is 37.7 Å². The zero-order valence-corrected chi connectivity index (χ0v) is 13.6. The lowest BCUT2D eigenvalue weighted by molar-refractivity contribution is 0.0600. The first-order valence-electron chi connectivity index (χ1n) is 7.49. The third-order valence-corrected chi connectivity index (χ3v) is 4.71. The summed E-state index contributed by atoms with van der Waals surface area (Å²) in [5.74, 6) is 0.0306. The Labute approximate surface area is 133 Å². The molecule has 1 atom stereocenters. The SMILES string of the molecule is COC(=O)c1ccc(CN(CC2CCCCC2)S(=O)O)nc1. The number of carbonyl (C=O) groups excluding carboxylic acids is 1. The number of carbonyl (C=O) groups is 1. The summed E-state index contributed by atoms with van der Waals surface area (Å²) < 4.78 is 27.2. The van der Waals surface area contributed by atoms with Crippen molar-refractivity contribution < 1.29 is 18.3 Å². The van der Waals surface area contributed by atoms with E-state index in [2.05, 4.69) is 9.72 Å². The van der Waals surface area contributed by atoms with Gasteiger partial charge in [-0.1, -0.05) is 19.3 Å². The van der Waals surface area contributed by atoms with Crippen molar-refractivity contribution in [3.05, 3.63) is 29.6 Å². The molecule has 122 valence electrons. The molecule has 0 radical (unpaired) electrons. The van der Waals surface area contributed by atoms with Gasteiger partial charge in [0, 0.05) is 12.7 Å². The molecule has 22 heavy (non-hydrogen) atoms. The van der Waals surface area contributed by atoms with Crippen LogP contribution < -0.4 is 0 Å². The smallest absolute Gasteiger partial charge is 0.339 e. The Morgan fingerprint density at radius 3 is 2.68 bits per heavy atom. The highest BCUT2D eigenvalue weighted by Crippen LogP contribution is 2.25. The zero-order valence-electron chi connectivity index (χ0n) is 12.7. The molecule has 1 heterocycles. The van der Waals surface area contributed by atoms with Crippen molar-refractivity contribution in [2.45, 2.75) is 38.6 Å². The van der Waals surface area contributed by atoms with Crippen LogP contribution in [0.15, 0.2) is 18.3 Å². The van der Waals surface area contributed by atoms with Crippen LogP contribution >= 0.6 is 0 Å². The van der Waals surface area contributed by atoms with E-state index in [1.54, 1.807) is 12.1 Å². The van der Waals surface area contributed by atoms with Crippen molar-refractivity contribution in [2.75, 3.05) is 13.7 Å². The topological polar surface area (TPSA) is 79.7 Å². The predicted octanol–water partition coefficient (Wildman–Crippen LogP) is 2.39. The molecule has 0 aliphatic heterocycles. The van der Waals surface area contributed by atoms with Gasteiger partial charge in [0.15, 0.2) is 0 Å². The summed E-state index contributed by atoms with van der Waals surface area (Å²) in [4.78, 5) is 15.5. The van der Waals surface area contributed by atoms with Crippen LogP contribution in [0.25, 0.3) is 0 Å². The summed E-state index contributed by atoms with van der Waals surface area (Å²) in [5.41, 5.74) is 1.03. The Morgan fingerprint density at radius 1 is 1.41 bits per heavy atom. The maximum atomic E-state index is 11.5. The predicted molar refractivity (Wildman–Crippen MR) is 83.3 cm³/mol. The third kappa shape index (κ3) is 4.86. The van der Waals surface area contributed by atoms with E-state index in [0.717, 1.165) is 12.8 Å². The molecule has 1 saturated carbocycles. The summed E-state index contributed by atoms with van der Waals surface area (Å²) in [5, 5.41) is 0. The van der Waals surface area contributed by atoms with Crippen LogP contribution in [0, 0.1) is 5.92 Å². The fourth-order valence-electron chi connectivity index (χ4n) is 2.78. The van der Waals surface area contributed by atoms with Crippen molar-refractivity contribution in [3.63, 3.8) is 0 Å². The number of rotatable bonds is 6. The van der Waals surface area contributed by atoms with Gasteiger partial charge in [-0.25, -0.2) is 9.00 Å². The fraction of sp³-hybridized carbons (Fsp3) is 0.600. The second kappa shape index (κ2) is 8.36. The molecule has 1 fully saturated rings. The number of hydrogen-bond acceptors (Lipinski definition) is 4. The summed E-state index contributed by atoms with van der Waals surface area (Å²) >= 11 is -2.02. The normalized spacial score (nSPS) is 17.4. The average Bonchev–Trinajstić information content (AvgIpc) is 2.55. The molecule has 0 amide bonds. The van der Waals surface area contributed by atoms with Crippen molar-refractivity contribution in [2.24, 2.45) is 5.92 Å². The van der Waals surface area contributed by atoms with Crippen LogP contribution in [0.3, 0.4) is 0 Å². The highest BCUT2D eigenvalue weighted by atomic mass is 32.2. The minimum absolute atomic E-state index is 0.293. The molecule has 1 N–H and O–H groups in total. The Hall–Kier alpha value is -1.31. The van der Waals surface area contributed by atoms with Gasteiger partial charge < -0.3 is 4.74 Å². The number of hydrogen-bond donors (Lipinski definition) is 1. The Bertz CT molecular complexity index is 515. The Balaban J connectivity index is 1.98. The van der Waals surface area contributed by atoms with Gasteiger partial charge >= 0.3 is 5.97 Å². The van der Waals surface area contributed by atoms with Gasteiger partial charge in [0.1, 0.15) is 0 Å². The van der Waals surface area contributed by atoms with Crippen molar-refractivity contribution >= 4 is 17.2 Å². The van der Waals surface area contributed by atoms with E-state index >= 15 is 0 Å². The monoisotopic (exact) mass is 326 g/mol. The number of nitrogens with zero attached hydrogens (tertiary/aromatic N) is 2. The standard InChI is InChI=1S/C15H22N2O4S/c1-21-15(18)13-7-8-14(16-9-13)11-17(22(19)20)10-12-5-3-2-4-6-12/h7-9,12H,2-6,10-11H2,1H3,(H,19,20). The van der Waals surface area contributed by atoms with Crippen molar-refractivity contribution in [1.29, 1.82) is 0 Å². The van der Waals surface area contributed by atoms with E-state index in [-0.39, 0.29) is 0 Å². The summed E-state index contributed by atoms with van der Waals surface area (Å²) in [7, 11) is 1.32. The lowest BCUT2D eigenvalue weighted by atomic mass is 9.89. The van der Waals surface area contributed by atoms with Crippen LogP contribution in [0.2, 0.25) is 0 Å². The Morgan fingerprint density at radius 2 is 2.14 bits per heavy atom. The zero-order chi connectivity index (χ0) is 15.9. The fourth-order valence-corrected chi connectivity index (χ4v) is 3.36. The summed E-state index contributed by atoms with van der Waals surface area (Å²) in [6.07, 6.45) is 7.31. The average molecular weight is 326 g/mol. The van der Waals surface area contributed by atoms with E-state index in [1.165, 1.54) is 36.9 Å². The van der Waals surface area contributed by atoms with Crippen LogP contribution in [0.4, 0.5) is 0 Å². The van der Waals surface area contributed by atoms with Gasteiger partial charge in [-0.2, -0.15) is 4.31 Å². The van der Waals surface area contributed by atoms with Gasteiger partial charge in [0.05, 0.1) is 24.9 Å². The van der Waals surface area contributed by atoms with E-state index in [0.29, 0.717) is 30.3 Å². The molecule has 0 aromatic carbocycles. The number of aromatic nitrogens is 1. The highest BCUT2D eigenvalue weighted by molar-refractivity contribution is 7.76. The molecular formula is C15H22N2O4S. The largest absolute Gasteiger partial charge is 0.465 e. The number of pyridine rings is 1. The van der Waals surface area contributed by atoms with Gasteiger partial charge in [-0.3, -0.25) is 9.54 Å². The van der Waals surface area contributed by atoms with Crippen molar-refractivity contribution in [1.82, 2.24) is 9.29 Å². The first-order chi connectivity index (χ1) is 10.6. The highest BCUT2D eigenvalue weighted by Gasteiger charge is 2.21. The lowest BCUT2D eigenvalue weighted by Gasteiger charge is -2.26. The summed E-state index contributed by atoms with van der Waals surface area (Å²) in [6, 6.07) is 3.31.